The first-order valence-electron chi connectivity index (χ1n) is 6.48. The summed E-state index contributed by atoms with van der Waals surface area (Å²) in [5.74, 6) is 2.37. The monoisotopic (exact) mass is 256 g/mol. The second kappa shape index (κ2) is 5.71. The lowest BCUT2D eigenvalue weighted by Gasteiger charge is -2.13. The third-order valence-corrected chi connectivity index (χ3v) is 2.99. The first kappa shape index (κ1) is 12.0. The molecule has 1 N–H and O–H groups in total. The SMILES string of the molecule is c1cncc(Oc2ccc(O[C@H]3CCCN3)cc2)c1. The van der Waals surface area contributed by atoms with Crippen LogP contribution in [0.5, 0.6) is 17.2 Å². The zero-order valence-electron chi connectivity index (χ0n) is 10.6. The second-order valence-electron chi connectivity index (χ2n) is 4.47. The quantitative estimate of drug-likeness (QED) is 0.913. The highest BCUT2D eigenvalue weighted by atomic mass is 16.5. The minimum Gasteiger partial charge on any atom is -0.475 e. The predicted octanol–water partition coefficient (Wildman–Crippen LogP) is 2.96. The van der Waals surface area contributed by atoms with E-state index in [0.29, 0.717) is 0 Å². The van der Waals surface area contributed by atoms with Crippen molar-refractivity contribution in [1.29, 1.82) is 0 Å². The largest absolute Gasteiger partial charge is 0.475 e. The molecule has 1 fully saturated rings. The Balaban J connectivity index is 1.62. The number of nitrogens with one attached hydrogen (secondary N) is 1. The minimum atomic E-state index is 0.144. The molecule has 1 aliphatic heterocycles. The molecule has 4 heteroatoms. The third-order valence-electron chi connectivity index (χ3n) is 2.99. The molecule has 1 aliphatic rings. The molecule has 4 nitrogen and oxygen atoms in total. The summed E-state index contributed by atoms with van der Waals surface area (Å²) in [5, 5.41) is 3.30. The van der Waals surface area contributed by atoms with Gasteiger partial charge < -0.3 is 9.47 Å². The Morgan fingerprint density at radius 1 is 1.05 bits per heavy atom. The van der Waals surface area contributed by atoms with Crippen LogP contribution in [0.3, 0.4) is 0 Å². The van der Waals surface area contributed by atoms with Crippen molar-refractivity contribution >= 4 is 0 Å². The second-order valence-corrected chi connectivity index (χ2v) is 4.47. The summed E-state index contributed by atoms with van der Waals surface area (Å²) in [6.45, 7) is 1.03. The standard InChI is InChI=1S/C15H16N2O2/c1-3-14(11-16-9-1)18-12-5-7-13(8-6-12)19-15-4-2-10-17-15/h1,3,5-9,11,15,17H,2,4,10H2/t15-/m0/s1. The summed E-state index contributed by atoms with van der Waals surface area (Å²) >= 11 is 0. The van der Waals surface area contributed by atoms with Crippen molar-refractivity contribution in [2.75, 3.05) is 6.54 Å². The van der Waals surface area contributed by atoms with Crippen LogP contribution in [0.2, 0.25) is 0 Å². The number of pyridine rings is 1. The van der Waals surface area contributed by atoms with Gasteiger partial charge in [0, 0.05) is 6.20 Å². The van der Waals surface area contributed by atoms with Crippen LogP contribution in [-0.2, 0) is 0 Å². The molecule has 1 aromatic heterocycles. The van der Waals surface area contributed by atoms with Crippen LogP contribution in [0.4, 0.5) is 0 Å². The molecule has 0 bridgehead atoms. The van der Waals surface area contributed by atoms with Crippen molar-refractivity contribution in [1.82, 2.24) is 10.3 Å². The van der Waals surface area contributed by atoms with Crippen LogP contribution < -0.4 is 14.8 Å². The summed E-state index contributed by atoms with van der Waals surface area (Å²) in [7, 11) is 0. The lowest BCUT2D eigenvalue weighted by atomic mass is 10.3. The van der Waals surface area contributed by atoms with Crippen molar-refractivity contribution in [2.24, 2.45) is 0 Å². The predicted molar refractivity (Wildman–Crippen MR) is 72.4 cm³/mol. The van der Waals surface area contributed by atoms with Gasteiger partial charge in [0.15, 0.2) is 0 Å². The van der Waals surface area contributed by atoms with Gasteiger partial charge in [0.1, 0.15) is 23.5 Å². The Bertz CT molecular complexity index is 507. The van der Waals surface area contributed by atoms with E-state index in [-0.39, 0.29) is 6.23 Å². The van der Waals surface area contributed by atoms with Gasteiger partial charge in [-0.15, -0.1) is 0 Å². The van der Waals surface area contributed by atoms with E-state index in [2.05, 4.69) is 10.3 Å². The number of ether oxygens (including phenoxy) is 2. The van der Waals surface area contributed by atoms with E-state index in [1.807, 2.05) is 36.4 Å². The number of nitrogens with zero attached hydrogens (tertiary/aromatic N) is 1. The number of benzene rings is 1. The molecule has 0 amide bonds. The Kier molecular flexibility index (Phi) is 3.61. The Morgan fingerprint density at radius 2 is 1.89 bits per heavy atom. The van der Waals surface area contributed by atoms with Gasteiger partial charge in [-0.1, -0.05) is 0 Å². The average Bonchev–Trinajstić information content (AvgIpc) is 2.95. The topological polar surface area (TPSA) is 43.4 Å². The fourth-order valence-corrected chi connectivity index (χ4v) is 2.05. The Labute approximate surface area is 112 Å². The van der Waals surface area contributed by atoms with E-state index < -0.39 is 0 Å². The molecule has 0 saturated carbocycles. The molecule has 0 radical (unpaired) electrons. The van der Waals surface area contributed by atoms with Crippen molar-refractivity contribution in [3.8, 4) is 17.2 Å². The fourth-order valence-electron chi connectivity index (χ4n) is 2.05. The molecule has 0 unspecified atom stereocenters. The summed E-state index contributed by atoms with van der Waals surface area (Å²) in [6.07, 6.45) is 5.79. The van der Waals surface area contributed by atoms with Crippen molar-refractivity contribution in [3.05, 3.63) is 48.8 Å². The average molecular weight is 256 g/mol. The molecule has 3 rings (SSSR count). The Morgan fingerprint density at radius 3 is 2.58 bits per heavy atom. The Hall–Kier alpha value is -2.07. The lowest BCUT2D eigenvalue weighted by molar-refractivity contribution is 0.187. The van der Waals surface area contributed by atoms with Crippen LogP contribution in [0, 0.1) is 0 Å². The van der Waals surface area contributed by atoms with Gasteiger partial charge in [0.2, 0.25) is 0 Å². The lowest BCUT2D eigenvalue weighted by Crippen LogP contribution is -2.27. The van der Waals surface area contributed by atoms with E-state index in [9.17, 15) is 0 Å². The van der Waals surface area contributed by atoms with Crippen LogP contribution in [0.1, 0.15) is 12.8 Å². The molecule has 2 heterocycles. The normalized spacial score (nSPS) is 18.2. The maximum absolute atomic E-state index is 5.80. The molecule has 1 saturated heterocycles. The van der Waals surface area contributed by atoms with Crippen molar-refractivity contribution in [2.45, 2.75) is 19.1 Å². The van der Waals surface area contributed by atoms with E-state index in [0.717, 1.165) is 30.2 Å². The molecular weight excluding hydrogens is 240 g/mol. The summed E-state index contributed by atoms with van der Waals surface area (Å²) < 4.78 is 11.5. The zero-order valence-corrected chi connectivity index (χ0v) is 10.6. The van der Waals surface area contributed by atoms with Gasteiger partial charge in [-0.25, -0.2) is 0 Å². The molecule has 1 atom stereocenters. The van der Waals surface area contributed by atoms with Gasteiger partial charge in [0.05, 0.1) is 6.20 Å². The van der Waals surface area contributed by atoms with E-state index in [4.69, 9.17) is 9.47 Å². The number of rotatable bonds is 4. The van der Waals surface area contributed by atoms with Crippen LogP contribution in [0.25, 0.3) is 0 Å². The molecule has 0 aliphatic carbocycles. The molecule has 98 valence electrons. The van der Waals surface area contributed by atoms with E-state index in [1.54, 1.807) is 12.4 Å². The van der Waals surface area contributed by atoms with Crippen molar-refractivity contribution < 1.29 is 9.47 Å². The van der Waals surface area contributed by atoms with Gasteiger partial charge in [-0.05, 0) is 55.8 Å². The maximum atomic E-state index is 5.80. The first-order chi connectivity index (χ1) is 9.40. The highest BCUT2D eigenvalue weighted by Gasteiger charge is 2.14. The minimum absolute atomic E-state index is 0.144. The number of hydrogen-bond donors (Lipinski definition) is 1. The summed E-state index contributed by atoms with van der Waals surface area (Å²) in [6, 6.07) is 11.4. The van der Waals surface area contributed by atoms with Crippen LogP contribution in [0.15, 0.2) is 48.8 Å². The summed E-state index contributed by atoms with van der Waals surface area (Å²) in [4.78, 5) is 4.01. The summed E-state index contributed by atoms with van der Waals surface area (Å²) in [5.41, 5.74) is 0. The van der Waals surface area contributed by atoms with E-state index in [1.165, 1.54) is 6.42 Å². The van der Waals surface area contributed by atoms with Gasteiger partial charge in [0.25, 0.3) is 0 Å². The molecular formula is C15H16N2O2. The maximum Gasteiger partial charge on any atom is 0.150 e. The van der Waals surface area contributed by atoms with Gasteiger partial charge >= 0.3 is 0 Å². The van der Waals surface area contributed by atoms with Crippen LogP contribution >= 0.6 is 0 Å². The smallest absolute Gasteiger partial charge is 0.150 e. The van der Waals surface area contributed by atoms with E-state index >= 15 is 0 Å². The van der Waals surface area contributed by atoms with Crippen molar-refractivity contribution in [3.63, 3.8) is 0 Å². The third kappa shape index (κ3) is 3.23. The molecule has 1 aromatic carbocycles. The zero-order chi connectivity index (χ0) is 12.9. The highest BCUT2D eigenvalue weighted by Crippen LogP contribution is 2.24. The van der Waals surface area contributed by atoms with Crippen LogP contribution in [-0.4, -0.2) is 17.8 Å². The molecule has 19 heavy (non-hydrogen) atoms. The molecule has 2 aromatic rings. The van der Waals surface area contributed by atoms with Gasteiger partial charge in [-0.2, -0.15) is 0 Å². The highest BCUT2D eigenvalue weighted by molar-refractivity contribution is 5.34. The first-order valence-corrected chi connectivity index (χ1v) is 6.48. The number of aromatic nitrogens is 1. The number of hydrogen-bond acceptors (Lipinski definition) is 4. The molecule has 0 spiro atoms. The van der Waals surface area contributed by atoms with Gasteiger partial charge in [-0.3, -0.25) is 10.3 Å². The fraction of sp³-hybridized carbons (Fsp3) is 0.267.